The van der Waals surface area contributed by atoms with Gasteiger partial charge in [-0.15, -0.1) is 0 Å². The molecule has 6 heteroatoms. The molecule has 1 unspecified atom stereocenters. The smallest absolute Gasteiger partial charge is 0.330 e. The number of nitrogens with one attached hydrogen (secondary N) is 1. The molecule has 1 aromatic heterocycles. The maximum Gasteiger partial charge on any atom is 0.330 e. The van der Waals surface area contributed by atoms with Crippen LogP contribution in [0, 0.1) is 0 Å². The molecule has 0 saturated carbocycles. The minimum absolute atomic E-state index is 0.214. The maximum atomic E-state index is 11.9. The van der Waals surface area contributed by atoms with Gasteiger partial charge in [0.05, 0.1) is 0 Å². The summed E-state index contributed by atoms with van der Waals surface area (Å²) in [6.07, 6.45) is 4.74. The van der Waals surface area contributed by atoms with Crippen LogP contribution in [0.3, 0.4) is 0 Å². The van der Waals surface area contributed by atoms with Crippen LogP contribution in [0.2, 0.25) is 0 Å². The van der Waals surface area contributed by atoms with Crippen molar-refractivity contribution in [3.63, 3.8) is 0 Å². The summed E-state index contributed by atoms with van der Waals surface area (Å²) >= 11 is 1.56. The number of rotatable bonds is 5. The third-order valence-corrected chi connectivity index (χ3v) is 4.36. The molecule has 0 radical (unpaired) electrons. The van der Waals surface area contributed by atoms with E-state index in [4.69, 9.17) is 0 Å². The standard InChI is InChI=1S/C13H16N2O3S/c16-11(4-3-10-2-1-6-14-8-10)15-13(12(17)18)5-7-19-9-13/h1-2,6,8H,3-5,7,9H2,(H,15,16)(H,17,18). The molecule has 1 aromatic rings. The molecule has 1 aliphatic rings. The van der Waals surface area contributed by atoms with Crippen molar-refractivity contribution in [2.45, 2.75) is 24.8 Å². The third kappa shape index (κ3) is 3.47. The second-order valence-electron chi connectivity index (χ2n) is 4.60. The number of carbonyl (C=O) groups is 2. The number of amides is 1. The van der Waals surface area contributed by atoms with Crippen LogP contribution in [0.5, 0.6) is 0 Å². The van der Waals surface area contributed by atoms with Crippen molar-refractivity contribution in [3.05, 3.63) is 30.1 Å². The van der Waals surface area contributed by atoms with Crippen LogP contribution in [0.1, 0.15) is 18.4 Å². The lowest BCUT2D eigenvalue weighted by molar-refractivity contribution is -0.146. The van der Waals surface area contributed by atoms with E-state index in [1.54, 1.807) is 24.2 Å². The lowest BCUT2D eigenvalue weighted by Crippen LogP contribution is -2.54. The molecule has 2 rings (SSSR count). The molecule has 0 aromatic carbocycles. The number of carbonyl (C=O) groups excluding carboxylic acids is 1. The second-order valence-corrected chi connectivity index (χ2v) is 5.70. The first-order valence-corrected chi connectivity index (χ1v) is 7.29. The highest BCUT2D eigenvalue weighted by molar-refractivity contribution is 7.99. The first-order chi connectivity index (χ1) is 9.12. The molecule has 1 atom stereocenters. The van der Waals surface area contributed by atoms with Crippen molar-refractivity contribution < 1.29 is 14.7 Å². The zero-order valence-electron chi connectivity index (χ0n) is 10.5. The van der Waals surface area contributed by atoms with Gasteiger partial charge in [-0.1, -0.05) is 6.07 Å². The van der Waals surface area contributed by atoms with Crippen molar-refractivity contribution in [2.75, 3.05) is 11.5 Å². The minimum Gasteiger partial charge on any atom is -0.479 e. The first kappa shape index (κ1) is 13.9. The Hall–Kier alpha value is -1.56. The van der Waals surface area contributed by atoms with Gasteiger partial charge in [0.2, 0.25) is 5.91 Å². The quantitative estimate of drug-likeness (QED) is 0.844. The van der Waals surface area contributed by atoms with Gasteiger partial charge >= 0.3 is 5.97 Å². The van der Waals surface area contributed by atoms with E-state index in [1.807, 2.05) is 12.1 Å². The summed E-state index contributed by atoms with van der Waals surface area (Å²) in [6, 6.07) is 3.72. The minimum atomic E-state index is -1.07. The highest BCUT2D eigenvalue weighted by Crippen LogP contribution is 2.28. The fourth-order valence-corrected chi connectivity index (χ4v) is 3.34. The summed E-state index contributed by atoms with van der Waals surface area (Å²) in [5, 5.41) is 11.9. The number of hydrogen-bond acceptors (Lipinski definition) is 4. The average molecular weight is 280 g/mol. The van der Waals surface area contributed by atoms with E-state index in [-0.39, 0.29) is 12.3 Å². The average Bonchev–Trinajstić information content (AvgIpc) is 2.87. The van der Waals surface area contributed by atoms with Gasteiger partial charge in [0, 0.05) is 24.6 Å². The molecule has 2 N–H and O–H groups in total. The van der Waals surface area contributed by atoms with Gasteiger partial charge < -0.3 is 10.4 Å². The molecule has 19 heavy (non-hydrogen) atoms. The van der Waals surface area contributed by atoms with E-state index in [0.717, 1.165) is 11.3 Å². The number of aromatic nitrogens is 1. The number of aryl methyl sites for hydroxylation is 1. The summed E-state index contributed by atoms with van der Waals surface area (Å²) in [7, 11) is 0. The monoisotopic (exact) mass is 280 g/mol. The van der Waals surface area contributed by atoms with E-state index < -0.39 is 11.5 Å². The molecule has 0 bridgehead atoms. The molecule has 5 nitrogen and oxygen atoms in total. The van der Waals surface area contributed by atoms with Crippen molar-refractivity contribution in [3.8, 4) is 0 Å². The van der Waals surface area contributed by atoms with E-state index in [1.165, 1.54) is 0 Å². The van der Waals surface area contributed by atoms with E-state index in [2.05, 4.69) is 10.3 Å². The Bertz CT molecular complexity index is 458. The van der Waals surface area contributed by atoms with Crippen LogP contribution in [0.25, 0.3) is 0 Å². The number of aliphatic carboxylic acids is 1. The lowest BCUT2D eigenvalue weighted by atomic mass is 9.98. The summed E-state index contributed by atoms with van der Waals surface area (Å²) in [4.78, 5) is 27.2. The molecule has 2 heterocycles. The van der Waals surface area contributed by atoms with Gasteiger partial charge in [0.25, 0.3) is 0 Å². The summed E-state index contributed by atoms with van der Waals surface area (Å²) in [5.74, 6) is 0.0665. The van der Waals surface area contributed by atoms with Crippen molar-refractivity contribution in [1.29, 1.82) is 0 Å². The van der Waals surface area contributed by atoms with Crippen LogP contribution in [0.15, 0.2) is 24.5 Å². The normalized spacial score (nSPS) is 22.1. The number of carboxylic acid groups (broad SMARTS) is 1. The largest absolute Gasteiger partial charge is 0.479 e. The Morgan fingerprint density at radius 3 is 2.95 bits per heavy atom. The molecule has 1 fully saturated rings. The third-order valence-electron chi connectivity index (χ3n) is 3.17. The number of nitrogens with zero attached hydrogens (tertiary/aromatic N) is 1. The highest BCUT2D eigenvalue weighted by atomic mass is 32.2. The topological polar surface area (TPSA) is 79.3 Å². The Morgan fingerprint density at radius 2 is 2.37 bits per heavy atom. The maximum absolute atomic E-state index is 11.9. The van der Waals surface area contributed by atoms with Crippen LogP contribution < -0.4 is 5.32 Å². The van der Waals surface area contributed by atoms with Gasteiger partial charge in [-0.05, 0) is 30.2 Å². The van der Waals surface area contributed by atoms with Gasteiger partial charge in [-0.2, -0.15) is 11.8 Å². The van der Waals surface area contributed by atoms with Crippen LogP contribution in [-0.2, 0) is 16.0 Å². The summed E-state index contributed by atoms with van der Waals surface area (Å²) in [5.41, 5.74) is -0.0979. The Labute approximate surface area is 115 Å². The molecule has 0 spiro atoms. The molecule has 1 amide bonds. The Morgan fingerprint density at radius 1 is 1.53 bits per heavy atom. The SMILES string of the molecule is O=C(CCc1cccnc1)NC1(C(=O)O)CCSC1. The Kier molecular flexibility index (Phi) is 4.42. The van der Waals surface area contributed by atoms with E-state index >= 15 is 0 Å². The molecular formula is C13H16N2O3S. The van der Waals surface area contributed by atoms with Gasteiger partial charge in [-0.25, -0.2) is 4.79 Å². The molecule has 102 valence electrons. The highest BCUT2D eigenvalue weighted by Gasteiger charge is 2.43. The second kappa shape index (κ2) is 6.06. The lowest BCUT2D eigenvalue weighted by Gasteiger charge is -2.24. The predicted octanol–water partition coefficient (Wildman–Crippen LogP) is 1.09. The summed E-state index contributed by atoms with van der Waals surface area (Å²) < 4.78 is 0. The van der Waals surface area contributed by atoms with Gasteiger partial charge in [0.15, 0.2) is 0 Å². The fraction of sp³-hybridized carbons (Fsp3) is 0.462. The number of hydrogen-bond donors (Lipinski definition) is 2. The molecular weight excluding hydrogens is 264 g/mol. The molecule has 0 aliphatic carbocycles. The number of thioether (sulfide) groups is 1. The van der Waals surface area contributed by atoms with Crippen LogP contribution >= 0.6 is 11.8 Å². The molecule has 1 aliphatic heterocycles. The zero-order valence-corrected chi connectivity index (χ0v) is 11.3. The summed E-state index contributed by atoms with van der Waals surface area (Å²) in [6.45, 7) is 0. The zero-order chi connectivity index (χ0) is 13.7. The van der Waals surface area contributed by atoms with Gasteiger partial charge in [0.1, 0.15) is 5.54 Å². The van der Waals surface area contributed by atoms with Gasteiger partial charge in [-0.3, -0.25) is 9.78 Å². The number of pyridine rings is 1. The van der Waals surface area contributed by atoms with Crippen molar-refractivity contribution >= 4 is 23.6 Å². The fourth-order valence-electron chi connectivity index (χ4n) is 2.02. The van der Waals surface area contributed by atoms with Crippen molar-refractivity contribution in [1.82, 2.24) is 10.3 Å². The van der Waals surface area contributed by atoms with E-state index in [0.29, 0.717) is 18.6 Å². The first-order valence-electron chi connectivity index (χ1n) is 6.13. The predicted molar refractivity (Wildman–Crippen MR) is 73.0 cm³/mol. The number of carboxylic acids is 1. The Balaban J connectivity index is 1.88. The van der Waals surface area contributed by atoms with Crippen LogP contribution in [-0.4, -0.2) is 39.0 Å². The molecule has 1 saturated heterocycles. The van der Waals surface area contributed by atoms with Crippen LogP contribution in [0.4, 0.5) is 0 Å². The van der Waals surface area contributed by atoms with Crippen molar-refractivity contribution in [2.24, 2.45) is 0 Å². The van der Waals surface area contributed by atoms with E-state index in [9.17, 15) is 14.7 Å².